The summed E-state index contributed by atoms with van der Waals surface area (Å²) in [5.41, 5.74) is 20.2. The standard InChI is InChI=1S/C73H50N4/c1-7-23-51(24-8-1)73(52-25-9-2-10-26-52)67-49-59(74(53-27-11-3-12-28-53)57-41-45-71-65(47-57)63-35-19-21-37-69(63)76(71)55-31-15-5-16-32-55)39-43-61(67)62-44-40-60(50-68(62)73)75(54-29-13-4-14-30-54)58-42-46-72-66(48-58)64-36-20-22-38-70(64)77(72)56-33-17-6-18-34-56/h1-50H. The molecule has 0 fully saturated rings. The van der Waals surface area contributed by atoms with Crippen molar-refractivity contribution in [1.29, 1.82) is 0 Å². The molecule has 0 spiro atoms. The first-order valence-corrected chi connectivity index (χ1v) is 26.5. The number of benzene rings is 12. The van der Waals surface area contributed by atoms with E-state index < -0.39 is 5.41 Å². The van der Waals surface area contributed by atoms with Crippen molar-refractivity contribution in [1.82, 2.24) is 9.13 Å². The summed E-state index contributed by atoms with van der Waals surface area (Å²) in [6.45, 7) is 0. The highest BCUT2D eigenvalue weighted by atomic mass is 15.2. The van der Waals surface area contributed by atoms with E-state index in [1.165, 1.54) is 77.0 Å². The van der Waals surface area contributed by atoms with Crippen molar-refractivity contribution >= 4 is 77.7 Å². The van der Waals surface area contributed by atoms with Crippen LogP contribution in [0.3, 0.4) is 0 Å². The van der Waals surface area contributed by atoms with Gasteiger partial charge in [0.15, 0.2) is 0 Å². The fraction of sp³-hybridized carbons (Fsp3) is 0.0137. The number of hydrogen-bond acceptors (Lipinski definition) is 2. The Labute approximate surface area is 447 Å². The average Bonchev–Trinajstić information content (AvgIpc) is 4.28. The van der Waals surface area contributed by atoms with Crippen LogP contribution >= 0.6 is 0 Å². The number of hydrogen-bond donors (Lipinski definition) is 0. The molecule has 0 bridgehead atoms. The maximum Gasteiger partial charge on any atom is 0.0715 e. The summed E-state index contributed by atoms with van der Waals surface area (Å²) in [6.07, 6.45) is 0. The molecule has 14 aromatic rings. The van der Waals surface area contributed by atoms with Crippen LogP contribution in [0, 0.1) is 0 Å². The van der Waals surface area contributed by atoms with E-state index in [0.29, 0.717) is 0 Å². The summed E-state index contributed by atoms with van der Waals surface area (Å²) < 4.78 is 4.77. The number of nitrogens with zero attached hydrogens (tertiary/aromatic N) is 4. The average molecular weight is 983 g/mol. The number of para-hydroxylation sites is 6. The van der Waals surface area contributed by atoms with Crippen LogP contribution in [0.15, 0.2) is 303 Å². The van der Waals surface area contributed by atoms with Crippen LogP contribution in [-0.4, -0.2) is 9.13 Å². The zero-order chi connectivity index (χ0) is 50.9. The van der Waals surface area contributed by atoms with Crippen molar-refractivity contribution in [3.8, 4) is 22.5 Å². The third kappa shape index (κ3) is 7.00. The van der Waals surface area contributed by atoms with E-state index in [-0.39, 0.29) is 0 Å². The van der Waals surface area contributed by atoms with E-state index in [1.807, 2.05) is 0 Å². The van der Waals surface area contributed by atoms with Crippen LogP contribution in [0.25, 0.3) is 66.1 Å². The van der Waals surface area contributed by atoms with Crippen molar-refractivity contribution in [2.75, 3.05) is 9.80 Å². The lowest BCUT2D eigenvalue weighted by molar-refractivity contribution is 0.768. The largest absolute Gasteiger partial charge is 0.310 e. The molecule has 2 heterocycles. The lowest BCUT2D eigenvalue weighted by atomic mass is 9.67. The molecule has 4 heteroatoms. The van der Waals surface area contributed by atoms with Gasteiger partial charge in [0.1, 0.15) is 0 Å². The van der Waals surface area contributed by atoms with E-state index in [2.05, 4.69) is 322 Å². The summed E-state index contributed by atoms with van der Waals surface area (Å²) in [7, 11) is 0. The normalized spacial score (nSPS) is 12.5. The Kier molecular flexibility index (Phi) is 10.4. The molecule has 0 unspecified atom stereocenters. The van der Waals surface area contributed by atoms with E-state index in [0.717, 1.165) is 45.5 Å². The van der Waals surface area contributed by atoms with Crippen molar-refractivity contribution in [2.45, 2.75) is 5.41 Å². The minimum atomic E-state index is -0.690. The van der Waals surface area contributed by atoms with E-state index >= 15 is 0 Å². The summed E-state index contributed by atoms with van der Waals surface area (Å²) in [4.78, 5) is 4.87. The van der Waals surface area contributed by atoms with Gasteiger partial charge in [0.2, 0.25) is 0 Å². The molecule has 1 aliphatic carbocycles. The maximum absolute atomic E-state index is 2.48. The second-order valence-corrected chi connectivity index (χ2v) is 20.1. The minimum absolute atomic E-state index is 0.690. The first-order valence-electron chi connectivity index (χ1n) is 26.5. The Morgan fingerprint density at radius 3 is 0.948 bits per heavy atom. The van der Waals surface area contributed by atoms with E-state index in [9.17, 15) is 0 Å². The molecule has 2 aromatic heterocycles. The predicted molar refractivity (Wildman–Crippen MR) is 322 cm³/mol. The molecule has 4 nitrogen and oxygen atoms in total. The molecule has 77 heavy (non-hydrogen) atoms. The molecule has 15 rings (SSSR count). The Balaban J connectivity index is 0.946. The quantitative estimate of drug-likeness (QED) is 0.136. The Morgan fingerprint density at radius 1 is 0.234 bits per heavy atom. The molecular formula is C73H50N4. The van der Waals surface area contributed by atoms with E-state index in [4.69, 9.17) is 0 Å². The van der Waals surface area contributed by atoms with Crippen molar-refractivity contribution in [3.63, 3.8) is 0 Å². The topological polar surface area (TPSA) is 16.3 Å². The third-order valence-electron chi connectivity index (χ3n) is 15.9. The van der Waals surface area contributed by atoms with Gasteiger partial charge in [0.25, 0.3) is 0 Å². The SMILES string of the molecule is c1ccc(N(c2ccc3c(c2)C(c2ccccc2)(c2ccccc2)c2cc(N(c4ccccc4)c4ccc5c(c4)c4ccccc4n5-c4ccccc4)ccc2-3)c2ccc3c(c2)c2ccccc2n3-c2ccccc2)cc1. The van der Waals surface area contributed by atoms with Crippen molar-refractivity contribution < 1.29 is 0 Å². The molecule has 0 saturated heterocycles. The number of rotatable bonds is 10. The molecule has 362 valence electrons. The summed E-state index contributed by atoms with van der Waals surface area (Å²) in [5, 5.41) is 4.85. The van der Waals surface area contributed by atoms with Gasteiger partial charge in [0.05, 0.1) is 27.5 Å². The van der Waals surface area contributed by atoms with Crippen LogP contribution in [0.1, 0.15) is 22.3 Å². The molecule has 0 radical (unpaired) electrons. The molecular weight excluding hydrogens is 933 g/mol. The number of anilines is 6. The van der Waals surface area contributed by atoms with Crippen LogP contribution in [0.4, 0.5) is 34.1 Å². The fourth-order valence-corrected chi connectivity index (χ4v) is 12.7. The van der Waals surface area contributed by atoms with Gasteiger partial charge < -0.3 is 18.9 Å². The summed E-state index contributed by atoms with van der Waals surface area (Å²) in [5.74, 6) is 0. The van der Waals surface area contributed by atoms with Crippen LogP contribution in [0.2, 0.25) is 0 Å². The first-order chi connectivity index (χ1) is 38.2. The maximum atomic E-state index is 2.48. The Hall–Kier alpha value is -10.2. The zero-order valence-electron chi connectivity index (χ0n) is 42.2. The smallest absolute Gasteiger partial charge is 0.0715 e. The molecule has 0 aliphatic heterocycles. The van der Waals surface area contributed by atoms with Gasteiger partial charge in [-0.15, -0.1) is 0 Å². The van der Waals surface area contributed by atoms with Crippen LogP contribution < -0.4 is 9.80 Å². The monoisotopic (exact) mass is 982 g/mol. The van der Waals surface area contributed by atoms with Gasteiger partial charge in [0, 0.05) is 67.0 Å². The lowest BCUT2D eigenvalue weighted by Crippen LogP contribution is -2.29. The molecule has 0 saturated carbocycles. The van der Waals surface area contributed by atoms with Gasteiger partial charge >= 0.3 is 0 Å². The van der Waals surface area contributed by atoms with Gasteiger partial charge in [-0.05, 0) is 155 Å². The van der Waals surface area contributed by atoms with E-state index in [1.54, 1.807) is 0 Å². The highest BCUT2D eigenvalue weighted by Crippen LogP contribution is 2.59. The second kappa shape index (κ2) is 18.0. The molecule has 0 atom stereocenters. The number of fused-ring (bicyclic) bond motifs is 9. The zero-order valence-corrected chi connectivity index (χ0v) is 42.2. The summed E-state index contributed by atoms with van der Waals surface area (Å²) >= 11 is 0. The highest BCUT2D eigenvalue weighted by molar-refractivity contribution is 6.12. The van der Waals surface area contributed by atoms with Gasteiger partial charge in [-0.1, -0.05) is 182 Å². The second-order valence-electron chi connectivity index (χ2n) is 20.1. The Morgan fingerprint density at radius 2 is 0.545 bits per heavy atom. The molecule has 12 aromatic carbocycles. The van der Waals surface area contributed by atoms with Gasteiger partial charge in [-0.3, -0.25) is 0 Å². The minimum Gasteiger partial charge on any atom is -0.310 e. The van der Waals surface area contributed by atoms with Gasteiger partial charge in [-0.2, -0.15) is 0 Å². The first kappa shape index (κ1) is 44.3. The van der Waals surface area contributed by atoms with Crippen LogP contribution in [-0.2, 0) is 5.41 Å². The highest BCUT2D eigenvalue weighted by Gasteiger charge is 2.47. The summed E-state index contributed by atoms with van der Waals surface area (Å²) in [6, 6.07) is 111. The Bertz CT molecular complexity index is 4200. The molecule has 0 amide bonds. The molecule has 0 N–H and O–H groups in total. The molecule has 1 aliphatic rings. The van der Waals surface area contributed by atoms with Crippen molar-refractivity contribution in [2.24, 2.45) is 0 Å². The van der Waals surface area contributed by atoms with Crippen LogP contribution in [0.5, 0.6) is 0 Å². The predicted octanol–water partition coefficient (Wildman–Crippen LogP) is 19.2. The fourth-order valence-electron chi connectivity index (χ4n) is 12.7. The van der Waals surface area contributed by atoms with Crippen molar-refractivity contribution in [3.05, 3.63) is 326 Å². The van der Waals surface area contributed by atoms with Gasteiger partial charge in [-0.25, -0.2) is 0 Å². The lowest BCUT2D eigenvalue weighted by Gasteiger charge is -2.35. The number of aromatic nitrogens is 2. The third-order valence-corrected chi connectivity index (χ3v) is 15.9.